The summed E-state index contributed by atoms with van der Waals surface area (Å²) in [5.74, 6) is 5.65. The van der Waals surface area contributed by atoms with Gasteiger partial charge in [0.25, 0.3) is 0 Å². The third kappa shape index (κ3) is 4.19. The number of hydrogen-bond donors (Lipinski definition) is 3. The summed E-state index contributed by atoms with van der Waals surface area (Å²) in [6.07, 6.45) is 1.89. The van der Waals surface area contributed by atoms with Crippen molar-refractivity contribution in [2.24, 2.45) is 22.4 Å². The molecule has 1 saturated carbocycles. The van der Waals surface area contributed by atoms with E-state index in [2.05, 4.69) is 5.10 Å². The van der Waals surface area contributed by atoms with E-state index < -0.39 is 12.0 Å². The quantitative estimate of drug-likeness (QED) is 0.233. The second-order valence-electron chi connectivity index (χ2n) is 5.68. The molecule has 0 radical (unpaired) electrons. The Morgan fingerprint density at radius 2 is 1.91 bits per heavy atom. The lowest BCUT2D eigenvalue weighted by atomic mass is 10.1. The van der Waals surface area contributed by atoms with Crippen molar-refractivity contribution in [1.29, 1.82) is 0 Å². The van der Waals surface area contributed by atoms with Gasteiger partial charge >= 0.3 is 5.97 Å². The fraction of sp³-hybridized carbons (Fsp3) is 0.467. The Labute approximate surface area is 130 Å². The Morgan fingerprint density at radius 1 is 1.32 bits per heavy atom. The molecule has 2 rings (SSSR count). The number of benzene rings is 1. The molecule has 7 nitrogen and oxygen atoms in total. The molecule has 0 aromatic heterocycles. The van der Waals surface area contributed by atoms with Gasteiger partial charge in [0, 0.05) is 5.56 Å². The van der Waals surface area contributed by atoms with Crippen LogP contribution in [-0.4, -0.2) is 29.1 Å². The Bertz CT molecular complexity index is 552. The molecule has 0 aliphatic heterocycles. The first-order valence-electron chi connectivity index (χ1n) is 7.33. The maximum atomic E-state index is 11.8. The van der Waals surface area contributed by atoms with Crippen molar-refractivity contribution in [2.45, 2.75) is 44.9 Å². The normalized spacial score (nSPS) is 16.5. The van der Waals surface area contributed by atoms with Crippen molar-refractivity contribution in [3.8, 4) is 0 Å². The van der Waals surface area contributed by atoms with Crippen LogP contribution in [0.2, 0.25) is 0 Å². The summed E-state index contributed by atoms with van der Waals surface area (Å²) >= 11 is 0. The number of carbonyl (C=O) groups excluding carboxylic acids is 1. The minimum Gasteiger partial charge on any atom is -0.462 e. The van der Waals surface area contributed by atoms with Gasteiger partial charge in [-0.15, -0.1) is 5.10 Å². The van der Waals surface area contributed by atoms with Crippen LogP contribution in [0, 0.1) is 0 Å². The predicted molar refractivity (Wildman–Crippen MR) is 84.4 cm³/mol. The first-order chi connectivity index (χ1) is 10.4. The fourth-order valence-corrected chi connectivity index (χ4v) is 1.91. The lowest BCUT2D eigenvalue weighted by Crippen LogP contribution is -2.31. The first-order valence-corrected chi connectivity index (χ1v) is 7.33. The number of hydrazine groups is 1. The van der Waals surface area contributed by atoms with E-state index >= 15 is 0 Å². The summed E-state index contributed by atoms with van der Waals surface area (Å²) in [4.78, 5) is 11.8. The van der Waals surface area contributed by atoms with E-state index in [1.54, 1.807) is 38.1 Å². The van der Waals surface area contributed by atoms with E-state index in [4.69, 9.17) is 22.0 Å². The van der Waals surface area contributed by atoms with Crippen LogP contribution in [0.15, 0.2) is 29.4 Å². The third-order valence-electron chi connectivity index (χ3n) is 3.32. The number of hydrazone groups is 1. The molecule has 120 valence electrons. The molecule has 0 bridgehead atoms. The molecule has 1 aliphatic carbocycles. The van der Waals surface area contributed by atoms with Crippen molar-refractivity contribution >= 4 is 11.8 Å². The van der Waals surface area contributed by atoms with Crippen molar-refractivity contribution in [1.82, 2.24) is 5.12 Å². The summed E-state index contributed by atoms with van der Waals surface area (Å²) in [6, 6.07) is 6.47. The molecule has 1 unspecified atom stereocenters. The van der Waals surface area contributed by atoms with Gasteiger partial charge < -0.3 is 16.2 Å². The number of ether oxygens (including phenoxy) is 1. The Morgan fingerprint density at radius 3 is 2.41 bits per heavy atom. The summed E-state index contributed by atoms with van der Waals surface area (Å²) in [7, 11) is 0. The standard InChI is InChI=1S/C15H23N5O2/c1-9(2)22-15(21)13(16)10-3-5-11(6-4-10)14(17)19-20(18)12-7-8-12/h3-6,9,12-13H,7-8,16,18H2,1-2H3,(H2,17,19). The zero-order valence-corrected chi connectivity index (χ0v) is 12.9. The molecular weight excluding hydrogens is 282 g/mol. The highest BCUT2D eigenvalue weighted by atomic mass is 16.5. The average molecular weight is 305 g/mol. The molecule has 1 aromatic carbocycles. The van der Waals surface area contributed by atoms with Crippen LogP contribution in [0.3, 0.4) is 0 Å². The van der Waals surface area contributed by atoms with Gasteiger partial charge in [-0.25, -0.2) is 15.8 Å². The van der Waals surface area contributed by atoms with E-state index in [9.17, 15) is 4.79 Å². The van der Waals surface area contributed by atoms with Gasteiger partial charge in [-0.3, -0.25) is 0 Å². The molecule has 1 aromatic rings. The van der Waals surface area contributed by atoms with E-state index in [1.807, 2.05) is 0 Å². The van der Waals surface area contributed by atoms with Crippen LogP contribution in [0.5, 0.6) is 0 Å². The smallest absolute Gasteiger partial charge is 0.327 e. The van der Waals surface area contributed by atoms with Crippen LogP contribution in [-0.2, 0) is 9.53 Å². The van der Waals surface area contributed by atoms with Gasteiger partial charge in [0.2, 0.25) is 0 Å². The van der Waals surface area contributed by atoms with Crippen LogP contribution >= 0.6 is 0 Å². The first kappa shape index (κ1) is 16.3. The molecular formula is C15H23N5O2. The molecule has 0 spiro atoms. The number of rotatable bonds is 6. The SMILES string of the molecule is CC(C)OC(=O)C(N)c1ccc(/C(N)=N/N(N)C2CC2)cc1. The van der Waals surface area contributed by atoms with Crippen LogP contribution in [0.4, 0.5) is 0 Å². The van der Waals surface area contributed by atoms with Crippen LogP contribution in [0.1, 0.15) is 43.9 Å². The molecule has 0 amide bonds. The van der Waals surface area contributed by atoms with Crippen molar-refractivity contribution in [2.75, 3.05) is 0 Å². The zero-order chi connectivity index (χ0) is 16.3. The Balaban J connectivity index is 2.04. The molecule has 7 heteroatoms. The molecule has 1 fully saturated rings. The number of nitrogens with two attached hydrogens (primary N) is 3. The molecule has 0 saturated heterocycles. The van der Waals surface area contributed by atoms with Crippen LogP contribution in [0.25, 0.3) is 0 Å². The largest absolute Gasteiger partial charge is 0.462 e. The topological polar surface area (TPSA) is 120 Å². The number of carbonyl (C=O) groups is 1. The number of esters is 1. The Hall–Kier alpha value is -2.12. The van der Waals surface area contributed by atoms with Crippen molar-refractivity contribution < 1.29 is 9.53 Å². The minimum atomic E-state index is -0.813. The zero-order valence-electron chi connectivity index (χ0n) is 12.9. The molecule has 1 aliphatic rings. The maximum Gasteiger partial charge on any atom is 0.327 e. The highest BCUT2D eigenvalue weighted by molar-refractivity contribution is 5.97. The molecule has 22 heavy (non-hydrogen) atoms. The van der Waals surface area contributed by atoms with Crippen molar-refractivity contribution in [3.63, 3.8) is 0 Å². The highest BCUT2D eigenvalue weighted by Crippen LogP contribution is 2.24. The minimum absolute atomic E-state index is 0.196. The van der Waals surface area contributed by atoms with Gasteiger partial charge in [0.05, 0.1) is 12.1 Å². The average Bonchev–Trinajstić information content (AvgIpc) is 3.30. The number of amidine groups is 1. The third-order valence-corrected chi connectivity index (χ3v) is 3.32. The van der Waals surface area contributed by atoms with E-state index in [-0.39, 0.29) is 12.1 Å². The summed E-state index contributed by atoms with van der Waals surface area (Å²) < 4.78 is 5.09. The fourth-order valence-electron chi connectivity index (χ4n) is 1.91. The van der Waals surface area contributed by atoms with Gasteiger partial charge in [-0.1, -0.05) is 24.3 Å². The molecule has 0 heterocycles. The number of hydrogen-bond acceptors (Lipinski definition) is 6. The predicted octanol–water partition coefficient (Wildman–Crippen LogP) is 0.596. The Kier molecular flexibility index (Phi) is 4.99. The van der Waals surface area contributed by atoms with Gasteiger partial charge in [0.15, 0.2) is 5.84 Å². The summed E-state index contributed by atoms with van der Waals surface area (Å²) in [6.45, 7) is 3.56. The van der Waals surface area contributed by atoms with Gasteiger partial charge in [-0.2, -0.15) is 0 Å². The van der Waals surface area contributed by atoms with Crippen molar-refractivity contribution in [3.05, 3.63) is 35.4 Å². The van der Waals surface area contributed by atoms with Gasteiger partial charge in [-0.05, 0) is 32.3 Å². The second kappa shape index (κ2) is 6.76. The maximum absolute atomic E-state index is 11.8. The van der Waals surface area contributed by atoms with Gasteiger partial charge in [0.1, 0.15) is 6.04 Å². The monoisotopic (exact) mass is 305 g/mol. The second-order valence-corrected chi connectivity index (χ2v) is 5.68. The molecule has 1 atom stereocenters. The highest BCUT2D eigenvalue weighted by Gasteiger charge is 2.26. The molecule has 6 N–H and O–H groups in total. The van der Waals surface area contributed by atoms with E-state index in [0.717, 1.165) is 18.4 Å². The lowest BCUT2D eigenvalue weighted by Gasteiger charge is -2.15. The van der Waals surface area contributed by atoms with E-state index in [1.165, 1.54) is 5.12 Å². The number of nitrogens with zero attached hydrogens (tertiary/aromatic N) is 2. The summed E-state index contributed by atoms with van der Waals surface area (Å²) in [5.41, 5.74) is 13.2. The van der Waals surface area contributed by atoms with E-state index in [0.29, 0.717) is 11.4 Å². The van der Waals surface area contributed by atoms with Crippen LogP contribution < -0.4 is 17.3 Å². The summed E-state index contributed by atoms with van der Waals surface area (Å²) in [5, 5.41) is 5.54. The lowest BCUT2D eigenvalue weighted by molar-refractivity contribution is -0.149.